The third-order valence-electron chi connectivity index (χ3n) is 4.21. The summed E-state index contributed by atoms with van der Waals surface area (Å²) in [6.07, 6.45) is 0. The molecule has 2 aromatic heterocycles. The Balaban J connectivity index is 1.70. The van der Waals surface area contributed by atoms with Crippen LogP contribution in [0, 0.1) is 11.3 Å². The molecular formula is C22H14N2O2S. The van der Waals surface area contributed by atoms with Gasteiger partial charge in [0.2, 0.25) is 0 Å². The number of nitrogens with zero attached hydrogens (tertiary/aromatic N) is 2. The molecule has 0 amide bonds. The van der Waals surface area contributed by atoms with Crippen LogP contribution < -0.4 is 0 Å². The zero-order chi connectivity index (χ0) is 18.6. The second-order valence-electron chi connectivity index (χ2n) is 5.89. The zero-order valence-corrected chi connectivity index (χ0v) is 15.1. The van der Waals surface area contributed by atoms with Crippen LogP contribution in [0.3, 0.4) is 0 Å². The summed E-state index contributed by atoms with van der Waals surface area (Å²) >= 11 is 1.57. The Morgan fingerprint density at radius 3 is 2.70 bits per heavy atom. The molecule has 0 atom stereocenters. The Bertz CT molecular complexity index is 1160. The molecular weight excluding hydrogens is 356 g/mol. The first-order chi connectivity index (χ1) is 13.3. The molecule has 0 N–H and O–H groups in total. The first-order valence-electron chi connectivity index (χ1n) is 8.35. The molecule has 0 aliphatic heterocycles. The number of benzene rings is 2. The number of rotatable bonds is 4. The molecule has 2 aromatic carbocycles. The fourth-order valence-electron chi connectivity index (χ4n) is 2.87. The van der Waals surface area contributed by atoms with E-state index in [1.165, 1.54) is 0 Å². The number of fused-ring (bicyclic) bond motifs is 1. The first kappa shape index (κ1) is 17.0. The predicted octanol–water partition coefficient (Wildman–Crippen LogP) is 5.19. The second-order valence-corrected chi connectivity index (χ2v) is 6.84. The van der Waals surface area contributed by atoms with Crippen molar-refractivity contribution in [3.63, 3.8) is 0 Å². The monoisotopic (exact) mass is 370 g/mol. The Morgan fingerprint density at radius 1 is 1.07 bits per heavy atom. The van der Waals surface area contributed by atoms with Gasteiger partial charge >= 0.3 is 5.97 Å². The van der Waals surface area contributed by atoms with E-state index < -0.39 is 5.97 Å². The van der Waals surface area contributed by atoms with Crippen molar-refractivity contribution in [3.05, 3.63) is 88.8 Å². The molecule has 0 saturated heterocycles. The molecule has 0 bridgehead atoms. The van der Waals surface area contributed by atoms with Gasteiger partial charge in [-0.2, -0.15) is 5.26 Å². The van der Waals surface area contributed by atoms with Gasteiger partial charge in [0, 0.05) is 10.9 Å². The minimum Gasteiger partial charge on any atom is -0.457 e. The number of hydrogen-bond donors (Lipinski definition) is 0. The number of carbonyl (C=O) groups is 1. The van der Waals surface area contributed by atoms with Crippen LogP contribution >= 0.6 is 11.3 Å². The maximum atomic E-state index is 12.8. The second kappa shape index (κ2) is 7.40. The third kappa shape index (κ3) is 3.43. The summed E-state index contributed by atoms with van der Waals surface area (Å²) in [5, 5.41) is 11.9. The van der Waals surface area contributed by atoms with Gasteiger partial charge in [-0.25, -0.2) is 9.78 Å². The van der Waals surface area contributed by atoms with Crippen molar-refractivity contribution in [1.82, 2.24) is 4.98 Å². The molecule has 4 nitrogen and oxygen atoms in total. The van der Waals surface area contributed by atoms with Crippen LogP contribution in [-0.4, -0.2) is 11.0 Å². The molecule has 27 heavy (non-hydrogen) atoms. The van der Waals surface area contributed by atoms with Gasteiger partial charge in [-0.3, -0.25) is 0 Å². The lowest BCUT2D eigenvalue weighted by Crippen LogP contribution is -2.07. The molecule has 4 rings (SSSR count). The number of esters is 1. The summed E-state index contributed by atoms with van der Waals surface area (Å²) in [5.41, 5.74) is 3.15. The predicted molar refractivity (Wildman–Crippen MR) is 105 cm³/mol. The number of pyridine rings is 1. The minimum atomic E-state index is -0.431. The Morgan fingerprint density at radius 2 is 1.89 bits per heavy atom. The summed E-state index contributed by atoms with van der Waals surface area (Å²) in [7, 11) is 0. The van der Waals surface area contributed by atoms with Gasteiger partial charge in [-0.1, -0.05) is 42.5 Å². The molecule has 5 heteroatoms. The van der Waals surface area contributed by atoms with Crippen molar-refractivity contribution in [1.29, 1.82) is 5.26 Å². The molecule has 4 aromatic rings. The summed E-state index contributed by atoms with van der Waals surface area (Å²) in [6, 6.07) is 22.4. The van der Waals surface area contributed by atoms with E-state index in [-0.39, 0.29) is 6.61 Å². The number of para-hydroxylation sites is 1. The minimum absolute atomic E-state index is 0.0492. The van der Waals surface area contributed by atoms with Crippen molar-refractivity contribution in [3.8, 4) is 16.6 Å². The quantitative estimate of drug-likeness (QED) is 0.464. The van der Waals surface area contributed by atoms with Gasteiger partial charge < -0.3 is 4.74 Å². The number of ether oxygens (including phenoxy) is 1. The highest BCUT2D eigenvalue weighted by Crippen LogP contribution is 2.28. The molecule has 0 aliphatic rings. The fraction of sp³-hybridized carbons (Fsp3) is 0.0455. The molecule has 0 fully saturated rings. The normalized spacial score (nSPS) is 10.5. The molecule has 2 heterocycles. The lowest BCUT2D eigenvalue weighted by atomic mass is 10.1. The van der Waals surface area contributed by atoms with Crippen LogP contribution in [0.15, 0.2) is 72.1 Å². The van der Waals surface area contributed by atoms with Crippen LogP contribution in [0.4, 0.5) is 0 Å². The lowest BCUT2D eigenvalue weighted by molar-refractivity contribution is 0.0475. The van der Waals surface area contributed by atoms with Crippen LogP contribution in [0.2, 0.25) is 0 Å². The van der Waals surface area contributed by atoms with E-state index >= 15 is 0 Å². The Kier molecular flexibility index (Phi) is 4.65. The topological polar surface area (TPSA) is 63.0 Å². The first-order valence-corrected chi connectivity index (χ1v) is 9.23. The van der Waals surface area contributed by atoms with Crippen LogP contribution in [-0.2, 0) is 11.3 Å². The van der Waals surface area contributed by atoms with Gasteiger partial charge in [0.1, 0.15) is 6.61 Å². The Labute approximate surface area is 160 Å². The highest BCUT2D eigenvalue weighted by atomic mass is 32.1. The summed E-state index contributed by atoms with van der Waals surface area (Å²) in [6.45, 7) is 0.0492. The smallest absolute Gasteiger partial charge is 0.339 e. The fourth-order valence-corrected chi connectivity index (χ4v) is 3.56. The van der Waals surface area contributed by atoms with Crippen LogP contribution in [0.25, 0.3) is 21.5 Å². The summed E-state index contributed by atoms with van der Waals surface area (Å²) < 4.78 is 5.52. The van der Waals surface area contributed by atoms with Gasteiger partial charge in [0.25, 0.3) is 0 Å². The number of aromatic nitrogens is 1. The van der Waals surface area contributed by atoms with Crippen LogP contribution in [0.5, 0.6) is 0 Å². The number of carbonyl (C=O) groups excluding carboxylic acids is 1. The van der Waals surface area contributed by atoms with E-state index in [0.717, 1.165) is 21.5 Å². The number of thiophene rings is 1. The van der Waals surface area contributed by atoms with E-state index in [4.69, 9.17) is 4.74 Å². The summed E-state index contributed by atoms with van der Waals surface area (Å²) in [5.74, 6) is -0.431. The van der Waals surface area contributed by atoms with E-state index in [1.807, 2.05) is 47.8 Å². The number of nitriles is 1. The zero-order valence-electron chi connectivity index (χ0n) is 14.3. The van der Waals surface area contributed by atoms with Gasteiger partial charge in [-0.05, 0) is 29.6 Å². The van der Waals surface area contributed by atoms with Crippen molar-refractivity contribution in [2.45, 2.75) is 6.61 Å². The largest absolute Gasteiger partial charge is 0.457 e. The standard InChI is InChI=1S/C22H14N2O2S/c23-13-15-6-1-2-7-16(15)14-26-22(25)18-12-20(21-10-5-11-27-21)24-19-9-4-3-8-17(18)19/h1-12H,14H2. The van der Waals surface area contributed by atoms with Crippen molar-refractivity contribution >= 4 is 28.2 Å². The highest BCUT2D eigenvalue weighted by Gasteiger charge is 2.16. The van der Waals surface area contributed by atoms with Crippen LogP contribution in [0.1, 0.15) is 21.5 Å². The third-order valence-corrected chi connectivity index (χ3v) is 5.10. The number of hydrogen-bond acceptors (Lipinski definition) is 5. The molecule has 0 radical (unpaired) electrons. The SMILES string of the molecule is N#Cc1ccccc1COC(=O)c1cc(-c2cccs2)nc2ccccc12. The average molecular weight is 370 g/mol. The lowest BCUT2D eigenvalue weighted by Gasteiger charge is -2.10. The maximum Gasteiger partial charge on any atom is 0.339 e. The van der Waals surface area contributed by atoms with Crippen molar-refractivity contribution < 1.29 is 9.53 Å². The van der Waals surface area contributed by atoms with E-state index in [9.17, 15) is 10.1 Å². The van der Waals surface area contributed by atoms with Crippen molar-refractivity contribution in [2.24, 2.45) is 0 Å². The Hall–Kier alpha value is -3.49. The maximum absolute atomic E-state index is 12.8. The van der Waals surface area contributed by atoms with Gasteiger partial charge in [-0.15, -0.1) is 11.3 Å². The molecule has 0 aliphatic carbocycles. The molecule has 0 spiro atoms. The molecule has 130 valence electrons. The van der Waals surface area contributed by atoms with E-state index in [0.29, 0.717) is 16.7 Å². The van der Waals surface area contributed by atoms with Crippen molar-refractivity contribution in [2.75, 3.05) is 0 Å². The van der Waals surface area contributed by atoms with E-state index in [2.05, 4.69) is 11.1 Å². The molecule has 0 unspecified atom stereocenters. The van der Waals surface area contributed by atoms with Gasteiger partial charge in [0.15, 0.2) is 0 Å². The average Bonchev–Trinajstić information content (AvgIpc) is 3.26. The van der Waals surface area contributed by atoms with E-state index in [1.54, 1.807) is 35.6 Å². The van der Waals surface area contributed by atoms with Gasteiger partial charge in [0.05, 0.1) is 33.3 Å². The molecule has 0 saturated carbocycles. The highest BCUT2D eigenvalue weighted by molar-refractivity contribution is 7.13. The summed E-state index contributed by atoms with van der Waals surface area (Å²) in [4.78, 5) is 18.5.